The second kappa shape index (κ2) is 33.0. The molecule has 12 rings (SSSR count). The molecule has 4 aromatic carbocycles. The van der Waals surface area contributed by atoms with Crippen LogP contribution < -0.4 is 20.7 Å². The van der Waals surface area contributed by atoms with Gasteiger partial charge in [-0.2, -0.15) is 13.5 Å². The molecule has 1 saturated heterocycles. The molecule has 4 aliphatic carbocycles. The number of nitrogens with zero attached hydrogens (tertiary/aromatic N) is 5. The average Bonchev–Trinajstić information content (AvgIpc) is 0.846. The van der Waals surface area contributed by atoms with Crippen LogP contribution in [0, 0.1) is 29.1 Å². The highest BCUT2D eigenvalue weighted by Gasteiger charge is 2.66. The van der Waals surface area contributed by atoms with Crippen LogP contribution in [0.15, 0.2) is 97.2 Å². The zero-order valence-electron chi connectivity index (χ0n) is 59.9. The summed E-state index contributed by atoms with van der Waals surface area (Å²) in [5.41, 5.74) is 4.04. The Kier molecular flexibility index (Phi) is 24.3. The van der Waals surface area contributed by atoms with Crippen molar-refractivity contribution in [3.63, 3.8) is 0 Å². The highest BCUT2D eigenvalue weighted by Crippen LogP contribution is 2.72. The monoisotopic (exact) mass is 1510 g/mol. The van der Waals surface area contributed by atoms with E-state index in [2.05, 4.69) is 34.8 Å². The molecule has 7 aromatic rings. The number of benzene rings is 4. The van der Waals surface area contributed by atoms with Crippen molar-refractivity contribution >= 4 is 95.1 Å². The number of hydrogen-bond acceptors (Lipinski definition) is 21. The van der Waals surface area contributed by atoms with Crippen molar-refractivity contribution in [2.24, 2.45) is 22.2 Å². The maximum absolute atomic E-state index is 13.9. The molecule has 5 aliphatic rings. The Balaban J connectivity index is 0.708. The number of carbonyl (C=O) groups is 8. The Morgan fingerprint density at radius 1 is 0.766 bits per heavy atom. The summed E-state index contributed by atoms with van der Waals surface area (Å²) in [5.74, 6) is -8.24. The summed E-state index contributed by atoms with van der Waals surface area (Å²) in [6.07, 6.45) is -1.93. The number of nitrogens with one attached hydrogen (secondary N) is 3. The van der Waals surface area contributed by atoms with E-state index in [9.17, 15) is 76.9 Å². The Morgan fingerprint density at radius 2 is 1.51 bits per heavy atom. The number of pyridine rings is 1. The Morgan fingerprint density at radius 3 is 2.24 bits per heavy atom. The smallest absolute Gasteiger partial charge is 0.409 e. The summed E-state index contributed by atoms with van der Waals surface area (Å²) in [7, 11) is -3.10. The molecule has 2 unspecified atom stereocenters. The lowest BCUT2D eigenvalue weighted by Gasteiger charge is -2.69. The van der Waals surface area contributed by atoms with Crippen molar-refractivity contribution in [3.05, 3.63) is 125 Å². The number of aliphatic hydroxyl groups excluding tert-OH is 3. The molecule has 4 saturated carbocycles. The summed E-state index contributed by atoms with van der Waals surface area (Å²) in [6.45, 7) is 7.51. The molecule has 0 spiro atoms. The van der Waals surface area contributed by atoms with Crippen molar-refractivity contribution in [2.75, 3.05) is 44.4 Å². The third kappa shape index (κ3) is 19.3. The van der Waals surface area contributed by atoms with Crippen molar-refractivity contribution in [3.8, 4) is 28.1 Å². The Hall–Kier alpha value is -9.34. The fraction of sp³-hybridized carbons (Fsp3) is 0.487. The van der Waals surface area contributed by atoms with Gasteiger partial charge in [-0.05, 0) is 164 Å². The largest absolute Gasteiger partial charge is 0.481 e. The lowest BCUT2D eigenvalue weighted by atomic mass is 9.39. The number of rotatable bonds is 35. The summed E-state index contributed by atoms with van der Waals surface area (Å²) in [4.78, 5) is 112. The van der Waals surface area contributed by atoms with E-state index in [1.807, 2.05) is 66.2 Å². The van der Waals surface area contributed by atoms with Crippen LogP contribution >= 0.6 is 11.3 Å². The molecule has 5 fully saturated rings. The van der Waals surface area contributed by atoms with Gasteiger partial charge in [0.05, 0.1) is 52.4 Å². The molecular weight excluding hydrogens is 1430 g/mol. The van der Waals surface area contributed by atoms with E-state index in [0.29, 0.717) is 81.8 Å². The van der Waals surface area contributed by atoms with E-state index in [4.69, 9.17) is 34.1 Å². The average molecular weight is 1520 g/mol. The number of aliphatic hydroxyl groups is 3. The van der Waals surface area contributed by atoms with Crippen LogP contribution in [0.5, 0.6) is 5.75 Å². The SMILES string of the molecule is Cc1c(-c2ccc(-c3ccc4cccc(C(=O)Nc5nc6ccccc6s5)c4c3)nc2C(=O)O)cnn1CC12CC3(C)CC(C)(C1)CC(OCCN(C)C(=O)OCc1ccc(O[C@@H]4O[C@H](C(=O)O)[C@@H](O)[C@H](O)[C@H]4O)cc1CCCCNC(=O)[C@@H](CC(=O)CCCCCNC(=O)CCC(=O)O)CS(=O)(=O)O)(C3)C2. The van der Waals surface area contributed by atoms with Crippen molar-refractivity contribution < 1.29 is 101 Å². The molecule has 4 heterocycles. The van der Waals surface area contributed by atoms with Gasteiger partial charge in [-0.15, -0.1) is 0 Å². The first-order valence-corrected chi connectivity index (χ1v) is 38.1. The predicted octanol–water partition coefficient (Wildman–Crippen LogP) is 8.75. The molecule has 8 atom stereocenters. The van der Waals surface area contributed by atoms with Crippen molar-refractivity contribution in [2.45, 2.75) is 173 Å². The number of carbonyl (C=O) groups excluding carboxylic acids is 5. The summed E-state index contributed by atoms with van der Waals surface area (Å²) in [5, 5.41) is 75.8. The number of Topliss-reactive ketones (excluding diaryl/α,β-unsaturated/α-hetero) is 1. The minimum Gasteiger partial charge on any atom is -0.481 e. The first-order chi connectivity index (χ1) is 50.8. The number of likely N-dealkylation sites (N-methyl/N-ethyl adjacent to an activating group) is 1. The number of para-hydroxylation sites is 1. The number of unbranched alkanes of at least 4 members (excludes halogenated alkanes) is 3. The van der Waals surface area contributed by atoms with Crippen LogP contribution in [0.1, 0.15) is 148 Å². The van der Waals surface area contributed by atoms with Gasteiger partial charge >= 0.3 is 24.0 Å². The maximum atomic E-state index is 13.9. The number of carboxylic acids is 3. The van der Waals surface area contributed by atoms with Gasteiger partial charge in [-0.3, -0.25) is 38.5 Å². The number of hydrogen-bond donors (Lipinski definition) is 10. The highest BCUT2D eigenvalue weighted by molar-refractivity contribution is 7.85. The second-order valence-electron chi connectivity index (χ2n) is 29.8. The van der Waals surface area contributed by atoms with Crippen LogP contribution in [0.4, 0.5) is 9.93 Å². The summed E-state index contributed by atoms with van der Waals surface area (Å²) < 4.78 is 60.7. The number of aromatic carboxylic acids is 1. The minimum absolute atomic E-state index is 0.00155. The number of amides is 4. The zero-order chi connectivity index (χ0) is 76.8. The molecule has 31 heteroatoms. The summed E-state index contributed by atoms with van der Waals surface area (Å²) in [6, 6.07) is 26.8. The molecule has 10 N–H and O–H groups in total. The molecule has 572 valence electrons. The molecule has 4 bridgehead atoms. The standard InChI is InChI=1S/C76H90N8O21S2/c1-44-55(52-23-24-56(80-61(52)68(94)95)47-20-19-45-14-12-16-53(54(45)33-47)67(93)82-71-81-57-17-7-8-18-58(57)106-71)34-79-84(44)43-75-38-73(2)37-74(3,39-75)41-76(40-73,42-75)103-30-29-83(4)72(98)102-35-48-21-22-51(104-70-64(91)62(89)63(90)65(105-70)69(96)97)32-46(48)13-9-11-28-78-66(92)49(36-107(99,100)101)31-50(85)15-6-5-10-27-77-59(86)25-26-60(87)88/h7-8,12,14,16-24,32-34,49,62-65,70,89-91H,5-6,9-11,13,15,25-31,35-43H2,1-4H3,(H,77,86)(H,78,92)(H,87,88)(H,94,95)(H,96,97)(H,81,82,93)(H,99,100,101)/t49-,62-,63-,64+,65-,70+,73?,74?,75?,76?/m0/s1. The number of carboxylic acid groups (broad SMARTS) is 3. The van der Waals surface area contributed by atoms with Crippen LogP contribution in [0.25, 0.3) is 43.4 Å². The van der Waals surface area contributed by atoms with Crippen LogP contribution in [-0.4, -0.2) is 191 Å². The van der Waals surface area contributed by atoms with Gasteiger partial charge in [-0.1, -0.05) is 74.1 Å². The van der Waals surface area contributed by atoms with E-state index in [1.54, 1.807) is 37.5 Å². The third-order valence-electron chi connectivity index (χ3n) is 20.8. The number of aliphatic carboxylic acids is 2. The lowest BCUT2D eigenvalue weighted by Crippen LogP contribution is -2.64. The molecule has 29 nitrogen and oxygen atoms in total. The molecule has 3 aromatic heterocycles. The summed E-state index contributed by atoms with van der Waals surface area (Å²) >= 11 is 1.38. The molecule has 1 aliphatic heterocycles. The number of anilines is 1. The quantitative estimate of drug-likeness (QED) is 0.0131. The number of thiazole rings is 1. The minimum atomic E-state index is -4.69. The first kappa shape index (κ1) is 78.7. The Bertz CT molecular complexity index is 4590. The fourth-order valence-corrected chi connectivity index (χ4v) is 18.6. The van der Waals surface area contributed by atoms with Gasteiger partial charge in [0.2, 0.25) is 18.1 Å². The highest BCUT2D eigenvalue weighted by atomic mass is 32.2. The molecular formula is C76H90N8O21S2. The van der Waals surface area contributed by atoms with E-state index in [-0.39, 0.29) is 98.5 Å². The molecule has 107 heavy (non-hydrogen) atoms. The Labute approximate surface area is 621 Å². The number of aryl methyl sites for hydroxylation is 1. The predicted molar refractivity (Wildman–Crippen MR) is 391 cm³/mol. The van der Waals surface area contributed by atoms with Gasteiger partial charge in [0.15, 0.2) is 16.9 Å². The molecule has 4 amide bonds. The van der Waals surface area contributed by atoms with E-state index in [0.717, 1.165) is 59.8 Å². The topological polar surface area (TPSA) is 432 Å². The van der Waals surface area contributed by atoms with Crippen LogP contribution in [0.3, 0.4) is 0 Å². The van der Waals surface area contributed by atoms with Gasteiger partial charge < -0.3 is 65.1 Å². The van der Waals surface area contributed by atoms with E-state index < -0.39 is 106 Å². The van der Waals surface area contributed by atoms with Crippen molar-refractivity contribution in [1.29, 1.82) is 0 Å². The number of aromatic nitrogens is 4. The van der Waals surface area contributed by atoms with E-state index >= 15 is 0 Å². The number of fused-ring (bicyclic) bond motifs is 2. The van der Waals surface area contributed by atoms with Gasteiger partial charge in [0.25, 0.3) is 16.0 Å². The van der Waals surface area contributed by atoms with Crippen LogP contribution in [0.2, 0.25) is 0 Å². The fourth-order valence-electron chi connectivity index (χ4n) is 16.9. The number of ether oxygens (including phenoxy) is 4. The maximum Gasteiger partial charge on any atom is 0.409 e. The van der Waals surface area contributed by atoms with Gasteiger partial charge in [0.1, 0.15) is 36.5 Å². The van der Waals surface area contributed by atoms with Crippen LogP contribution in [-0.2, 0) is 67.9 Å². The normalized spacial score (nSPS) is 23.3. The molecule has 0 radical (unpaired) electrons. The van der Waals surface area contributed by atoms with E-state index in [1.165, 1.54) is 28.4 Å². The zero-order valence-corrected chi connectivity index (χ0v) is 61.5. The second-order valence-corrected chi connectivity index (χ2v) is 32.4. The van der Waals surface area contributed by atoms with Crippen molar-refractivity contribution in [1.82, 2.24) is 35.3 Å². The van der Waals surface area contributed by atoms with Gasteiger partial charge in [-0.25, -0.2) is 24.4 Å². The number of ketones is 1. The van der Waals surface area contributed by atoms with Gasteiger partial charge in [0, 0.05) is 80.4 Å². The third-order valence-corrected chi connectivity index (χ3v) is 22.5. The first-order valence-electron chi connectivity index (χ1n) is 35.7. The lowest BCUT2D eigenvalue weighted by molar-refractivity contribution is -0.271.